The minimum atomic E-state index is -0.345. The van der Waals surface area contributed by atoms with Gasteiger partial charge in [0.1, 0.15) is 5.75 Å². The summed E-state index contributed by atoms with van der Waals surface area (Å²) in [5.74, 6) is 0.369. The van der Waals surface area contributed by atoms with Crippen molar-refractivity contribution in [3.05, 3.63) is 39.6 Å². The van der Waals surface area contributed by atoms with E-state index in [1.165, 1.54) is 34.0 Å². The lowest BCUT2D eigenvalue weighted by Gasteiger charge is -2.05. The van der Waals surface area contributed by atoms with Crippen LogP contribution in [0.25, 0.3) is 28.9 Å². The van der Waals surface area contributed by atoms with Crippen molar-refractivity contribution in [3.63, 3.8) is 0 Å². The van der Waals surface area contributed by atoms with Crippen LogP contribution in [0.3, 0.4) is 0 Å². The molecule has 0 spiro atoms. The van der Waals surface area contributed by atoms with Crippen LogP contribution in [0.2, 0.25) is 0 Å². The second-order valence-corrected chi connectivity index (χ2v) is 10.2. The molecule has 4 rings (SSSR count). The summed E-state index contributed by atoms with van der Waals surface area (Å²) >= 11 is 6.10. The van der Waals surface area contributed by atoms with E-state index < -0.39 is 0 Å². The van der Waals surface area contributed by atoms with Gasteiger partial charge in [-0.1, -0.05) is 0 Å². The molecular weight excluding hydrogens is 444 g/mol. The molecule has 0 N–H and O–H groups in total. The number of thiophene rings is 4. The molecule has 0 fully saturated rings. The molecular formula is C21H18O4S4. The van der Waals surface area contributed by atoms with Crippen LogP contribution in [0.4, 0.5) is 0 Å². The minimum Gasteiger partial charge on any atom is -0.495 e. The van der Waals surface area contributed by atoms with Gasteiger partial charge in [-0.25, -0.2) is 4.79 Å². The average molecular weight is 463 g/mol. The predicted molar refractivity (Wildman–Crippen MR) is 124 cm³/mol. The lowest BCUT2D eigenvalue weighted by molar-refractivity contribution is 0.0530. The Morgan fingerprint density at radius 3 is 2.14 bits per heavy atom. The number of hydrogen-bond acceptors (Lipinski definition) is 8. The van der Waals surface area contributed by atoms with Crippen LogP contribution in [0.1, 0.15) is 40.1 Å². The molecule has 0 saturated heterocycles. The molecule has 0 bridgehead atoms. The topological polar surface area (TPSA) is 52.6 Å². The first-order valence-corrected chi connectivity index (χ1v) is 12.3. The van der Waals surface area contributed by atoms with Gasteiger partial charge in [0, 0.05) is 4.88 Å². The third-order valence-corrected chi connectivity index (χ3v) is 9.26. The van der Waals surface area contributed by atoms with Gasteiger partial charge in [0.25, 0.3) is 0 Å². The molecule has 4 nitrogen and oxygen atoms in total. The number of rotatable bonds is 6. The Hall–Kier alpha value is -2.00. The number of hydrogen-bond donors (Lipinski definition) is 0. The molecule has 4 aromatic heterocycles. The standard InChI is InChI=1S/C21H18O4S4/c1-5-25-21(23)14-19(15-10(2)6-8-26-15)29-18-13(11(3)22)17(28-20(14)18)16-12(24-4)7-9-27-16/h6-9H,5H2,1-4H3. The summed E-state index contributed by atoms with van der Waals surface area (Å²) in [6.45, 7) is 5.71. The van der Waals surface area contributed by atoms with Gasteiger partial charge in [0.2, 0.25) is 0 Å². The fourth-order valence-electron chi connectivity index (χ4n) is 3.19. The average Bonchev–Trinajstić information content (AvgIpc) is 3.42. The van der Waals surface area contributed by atoms with Crippen molar-refractivity contribution < 1.29 is 19.1 Å². The highest BCUT2D eigenvalue weighted by Crippen LogP contribution is 2.52. The molecule has 8 heteroatoms. The summed E-state index contributed by atoms with van der Waals surface area (Å²) in [4.78, 5) is 29.3. The number of ether oxygens (including phenoxy) is 2. The zero-order valence-corrected chi connectivity index (χ0v) is 19.5. The van der Waals surface area contributed by atoms with Crippen molar-refractivity contribution in [2.45, 2.75) is 20.8 Å². The van der Waals surface area contributed by atoms with Crippen LogP contribution in [-0.4, -0.2) is 25.5 Å². The Morgan fingerprint density at radius 2 is 1.55 bits per heavy atom. The maximum Gasteiger partial charge on any atom is 0.341 e. The molecule has 0 atom stereocenters. The molecule has 0 aliphatic carbocycles. The summed E-state index contributed by atoms with van der Waals surface area (Å²) in [5, 5.41) is 3.96. The SMILES string of the molecule is CCOC(=O)c1c(-c2sccc2C)sc2c(C(C)=O)c(-c3sccc3OC)sc12. The van der Waals surface area contributed by atoms with Crippen molar-refractivity contribution in [1.29, 1.82) is 0 Å². The third kappa shape index (κ3) is 3.34. The molecule has 4 aromatic rings. The molecule has 0 aliphatic heterocycles. The number of methoxy groups -OCH3 is 1. The van der Waals surface area contributed by atoms with Gasteiger partial charge in [-0.15, -0.1) is 45.3 Å². The summed E-state index contributed by atoms with van der Waals surface area (Å²) in [6, 6.07) is 3.93. The van der Waals surface area contributed by atoms with Crippen LogP contribution >= 0.6 is 45.3 Å². The summed E-state index contributed by atoms with van der Waals surface area (Å²) < 4.78 is 12.5. The Kier molecular flexibility index (Phi) is 5.61. The first-order chi connectivity index (χ1) is 14.0. The first kappa shape index (κ1) is 20.3. The fourth-order valence-corrected chi connectivity index (χ4v) is 8.30. The van der Waals surface area contributed by atoms with Crippen molar-refractivity contribution in [1.82, 2.24) is 0 Å². The summed E-state index contributed by atoms with van der Waals surface area (Å²) in [5.41, 5.74) is 2.33. The smallest absolute Gasteiger partial charge is 0.341 e. The zero-order valence-electron chi connectivity index (χ0n) is 16.3. The van der Waals surface area contributed by atoms with Crippen LogP contribution in [0.5, 0.6) is 5.75 Å². The highest BCUT2D eigenvalue weighted by atomic mass is 32.1. The van der Waals surface area contributed by atoms with Gasteiger partial charge in [0.05, 0.1) is 48.9 Å². The maximum absolute atomic E-state index is 12.9. The highest BCUT2D eigenvalue weighted by Gasteiger charge is 2.30. The number of ketones is 1. The lowest BCUT2D eigenvalue weighted by Crippen LogP contribution is -2.04. The number of Topliss-reactive ketones (excluding diaryl/α,β-unsaturated/α-hetero) is 1. The number of carbonyl (C=O) groups is 2. The van der Waals surface area contributed by atoms with Gasteiger partial charge in [-0.05, 0) is 49.2 Å². The lowest BCUT2D eigenvalue weighted by atomic mass is 10.1. The molecule has 0 aromatic carbocycles. The second kappa shape index (κ2) is 8.02. The monoisotopic (exact) mass is 462 g/mol. The Morgan fingerprint density at radius 1 is 0.931 bits per heavy atom. The van der Waals surface area contributed by atoms with Crippen LogP contribution < -0.4 is 4.74 Å². The number of aryl methyl sites for hydroxylation is 1. The number of fused-ring (bicyclic) bond motifs is 1. The van der Waals surface area contributed by atoms with E-state index >= 15 is 0 Å². The Labute approximate surface area is 184 Å². The van der Waals surface area contributed by atoms with Gasteiger partial charge in [-0.3, -0.25) is 4.79 Å². The molecule has 0 unspecified atom stereocenters. The van der Waals surface area contributed by atoms with Crippen LogP contribution in [0.15, 0.2) is 22.9 Å². The van der Waals surface area contributed by atoms with E-state index in [-0.39, 0.29) is 11.8 Å². The second-order valence-electron chi connectivity index (χ2n) is 6.30. The summed E-state index contributed by atoms with van der Waals surface area (Å²) in [7, 11) is 1.62. The fraction of sp³-hybridized carbons (Fsp3) is 0.238. The quantitative estimate of drug-likeness (QED) is 0.226. The van der Waals surface area contributed by atoms with E-state index in [0.717, 1.165) is 40.2 Å². The maximum atomic E-state index is 12.9. The Bertz CT molecular complexity index is 1220. The summed E-state index contributed by atoms with van der Waals surface area (Å²) in [6.07, 6.45) is 0. The largest absolute Gasteiger partial charge is 0.495 e. The van der Waals surface area contributed by atoms with Gasteiger partial charge in [-0.2, -0.15) is 0 Å². The molecule has 150 valence electrons. The van der Waals surface area contributed by atoms with Crippen molar-refractivity contribution >= 4 is 66.5 Å². The normalized spacial score (nSPS) is 11.2. The van der Waals surface area contributed by atoms with E-state index in [2.05, 4.69) is 0 Å². The van der Waals surface area contributed by atoms with Crippen molar-refractivity contribution in [2.24, 2.45) is 0 Å². The molecule has 4 heterocycles. The van der Waals surface area contributed by atoms with E-state index in [1.807, 2.05) is 29.8 Å². The van der Waals surface area contributed by atoms with Crippen molar-refractivity contribution in [2.75, 3.05) is 13.7 Å². The van der Waals surface area contributed by atoms with E-state index in [9.17, 15) is 9.59 Å². The van der Waals surface area contributed by atoms with Crippen LogP contribution in [0, 0.1) is 6.92 Å². The molecule has 0 radical (unpaired) electrons. The first-order valence-electron chi connectivity index (χ1n) is 8.91. The van der Waals surface area contributed by atoms with E-state index in [0.29, 0.717) is 17.7 Å². The number of esters is 1. The zero-order chi connectivity index (χ0) is 20.7. The van der Waals surface area contributed by atoms with Gasteiger partial charge >= 0.3 is 5.97 Å². The third-order valence-electron chi connectivity index (χ3n) is 4.48. The van der Waals surface area contributed by atoms with E-state index in [4.69, 9.17) is 9.47 Å². The molecule has 29 heavy (non-hydrogen) atoms. The van der Waals surface area contributed by atoms with Crippen molar-refractivity contribution in [3.8, 4) is 25.3 Å². The molecule has 0 amide bonds. The Balaban J connectivity index is 2.06. The molecule has 0 aliphatic rings. The predicted octanol–water partition coefficient (Wildman–Crippen LogP) is 7.12. The van der Waals surface area contributed by atoms with Crippen LogP contribution in [-0.2, 0) is 4.74 Å². The number of carbonyl (C=O) groups excluding carboxylic acids is 2. The highest BCUT2D eigenvalue weighted by molar-refractivity contribution is 7.34. The minimum absolute atomic E-state index is 0.0205. The van der Waals surface area contributed by atoms with Gasteiger partial charge < -0.3 is 9.47 Å². The van der Waals surface area contributed by atoms with Gasteiger partial charge in [0.15, 0.2) is 5.78 Å². The molecule has 0 saturated carbocycles. The van der Waals surface area contributed by atoms with E-state index in [1.54, 1.807) is 32.3 Å².